The number of fused-ring (bicyclic) bond motifs is 1. The molecule has 6 heteroatoms. The van der Waals surface area contributed by atoms with Crippen LogP contribution in [0.1, 0.15) is 24.5 Å². The van der Waals surface area contributed by atoms with Crippen molar-refractivity contribution < 1.29 is 9.32 Å². The van der Waals surface area contributed by atoms with Crippen molar-refractivity contribution >= 4 is 28.2 Å². The number of nitrogens with zero attached hydrogens (tertiary/aromatic N) is 3. The molecule has 0 N–H and O–H groups in total. The highest BCUT2D eigenvalue weighted by Crippen LogP contribution is 2.19. The summed E-state index contributed by atoms with van der Waals surface area (Å²) in [5.41, 5.74) is 1.42. The van der Waals surface area contributed by atoms with Crippen LogP contribution >= 0.6 is 11.3 Å². The number of thiazole rings is 1. The third kappa shape index (κ3) is 3.59. The summed E-state index contributed by atoms with van der Waals surface area (Å²) in [7, 11) is 0. The third-order valence-corrected chi connectivity index (χ3v) is 4.60. The van der Waals surface area contributed by atoms with Gasteiger partial charge in [-0.1, -0.05) is 17.3 Å². The zero-order chi connectivity index (χ0) is 16.2. The molecule has 120 valence electrons. The molecule has 0 saturated heterocycles. The van der Waals surface area contributed by atoms with Gasteiger partial charge in [0.25, 0.3) is 0 Å². The van der Waals surface area contributed by atoms with E-state index < -0.39 is 0 Å². The molecule has 0 unspecified atom stereocenters. The second-order valence-corrected chi connectivity index (χ2v) is 6.64. The van der Waals surface area contributed by atoms with Gasteiger partial charge in [-0.3, -0.25) is 4.79 Å². The maximum Gasteiger partial charge on any atom is 0.228 e. The van der Waals surface area contributed by atoms with E-state index in [4.69, 9.17) is 4.52 Å². The van der Waals surface area contributed by atoms with Gasteiger partial charge in [-0.25, -0.2) is 4.98 Å². The quantitative estimate of drug-likeness (QED) is 0.696. The van der Waals surface area contributed by atoms with E-state index in [2.05, 4.69) is 10.1 Å². The average Bonchev–Trinajstić information content (AvgIpc) is 3.17. The highest BCUT2D eigenvalue weighted by Gasteiger charge is 2.20. The second-order valence-electron chi connectivity index (χ2n) is 5.66. The van der Waals surface area contributed by atoms with Crippen molar-refractivity contribution in [2.24, 2.45) is 0 Å². The Morgan fingerprint density at radius 2 is 2.17 bits per heavy atom. The molecule has 0 spiro atoms. The zero-order valence-electron chi connectivity index (χ0n) is 13.2. The summed E-state index contributed by atoms with van der Waals surface area (Å²) in [5, 5.41) is 7.97. The smallest absolute Gasteiger partial charge is 0.228 e. The lowest BCUT2D eigenvalue weighted by molar-refractivity contribution is -0.132. The van der Waals surface area contributed by atoms with Crippen molar-refractivity contribution in [3.63, 3.8) is 0 Å². The van der Waals surface area contributed by atoms with Crippen molar-refractivity contribution in [2.45, 2.75) is 32.7 Å². The number of aromatic nitrogens is 2. The Kier molecular flexibility index (Phi) is 4.71. The number of hydrogen-bond donors (Lipinski definition) is 0. The number of hydrogen-bond acceptors (Lipinski definition) is 5. The number of rotatable bonds is 6. The van der Waals surface area contributed by atoms with Crippen molar-refractivity contribution in [3.05, 3.63) is 46.5 Å². The minimum Gasteiger partial charge on any atom is -0.356 e. The maximum atomic E-state index is 12.7. The van der Waals surface area contributed by atoms with E-state index in [1.54, 1.807) is 17.5 Å². The number of carbonyl (C=O) groups is 1. The van der Waals surface area contributed by atoms with Crippen LogP contribution in [0.15, 0.2) is 40.4 Å². The van der Waals surface area contributed by atoms with Gasteiger partial charge in [-0.2, -0.15) is 0 Å². The molecule has 0 fully saturated rings. The van der Waals surface area contributed by atoms with Crippen molar-refractivity contribution in [1.82, 2.24) is 15.0 Å². The Morgan fingerprint density at radius 1 is 1.35 bits per heavy atom. The van der Waals surface area contributed by atoms with Crippen LogP contribution in [0, 0.1) is 0 Å². The first kappa shape index (κ1) is 15.7. The molecule has 0 aliphatic rings. The molecule has 2 aromatic heterocycles. The van der Waals surface area contributed by atoms with Gasteiger partial charge in [0.2, 0.25) is 5.91 Å². The van der Waals surface area contributed by atoms with E-state index in [1.165, 1.54) is 0 Å². The number of carbonyl (C=O) groups excluding carboxylic acids is 1. The highest BCUT2D eigenvalue weighted by atomic mass is 32.1. The normalized spacial score (nSPS) is 11.3. The first-order chi connectivity index (χ1) is 11.1. The van der Waals surface area contributed by atoms with E-state index in [1.807, 2.05) is 48.4 Å². The summed E-state index contributed by atoms with van der Waals surface area (Å²) in [6.45, 7) is 4.72. The van der Waals surface area contributed by atoms with E-state index >= 15 is 0 Å². The summed E-state index contributed by atoms with van der Waals surface area (Å²) >= 11 is 1.62. The lowest BCUT2D eigenvalue weighted by Gasteiger charge is -2.26. The molecule has 2 heterocycles. The predicted octanol–water partition coefficient (Wildman–Crippen LogP) is 3.31. The lowest BCUT2D eigenvalue weighted by atomic mass is 10.1. The molecule has 0 atom stereocenters. The number of para-hydroxylation sites is 1. The van der Waals surface area contributed by atoms with Crippen LogP contribution in [0.25, 0.3) is 11.0 Å². The van der Waals surface area contributed by atoms with Crippen LogP contribution in [0.3, 0.4) is 0 Å². The van der Waals surface area contributed by atoms with Gasteiger partial charge in [0.1, 0.15) is 5.69 Å². The summed E-state index contributed by atoms with van der Waals surface area (Å²) in [6, 6.07) is 7.76. The van der Waals surface area contributed by atoms with Gasteiger partial charge < -0.3 is 9.42 Å². The van der Waals surface area contributed by atoms with Crippen LogP contribution < -0.4 is 0 Å². The highest BCUT2D eigenvalue weighted by molar-refractivity contribution is 7.09. The third-order valence-electron chi connectivity index (χ3n) is 3.76. The van der Waals surface area contributed by atoms with Crippen LogP contribution in [-0.4, -0.2) is 33.5 Å². The summed E-state index contributed by atoms with van der Waals surface area (Å²) in [4.78, 5) is 18.8. The van der Waals surface area contributed by atoms with E-state index in [0.717, 1.165) is 16.8 Å². The molecule has 23 heavy (non-hydrogen) atoms. The Bertz CT molecular complexity index is 780. The van der Waals surface area contributed by atoms with Crippen LogP contribution in [0.5, 0.6) is 0 Å². The SMILES string of the molecule is CC(C)N(CCc1nccs1)C(=O)Cc1noc2ccccc12. The van der Waals surface area contributed by atoms with Gasteiger partial charge in [0.05, 0.1) is 11.4 Å². The second kappa shape index (κ2) is 6.91. The number of amides is 1. The minimum absolute atomic E-state index is 0.0654. The fraction of sp³-hybridized carbons (Fsp3) is 0.353. The fourth-order valence-electron chi connectivity index (χ4n) is 2.57. The molecule has 0 aliphatic heterocycles. The molecule has 1 aromatic carbocycles. The first-order valence-electron chi connectivity index (χ1n) is 7.66. The Labute approximate surface area is 138 Å². The molecule has 3 rings (SSSR count). The van der Waals surface area contributed by atoms with E-state index in [-0.39, 0.29) is 18.4 Å². The summed E-state index contributed by atoms with van der Waals surface area (Å²) < 4.78 is 5.28. The molecule has 3 aromatic rings. The largest absolute Gasteiger partial charge is 0.356 e. The Hall–Kier alpha value is -2.21. The molecule has 0 saturated carbocycles. The molecule has 5 nitrogen and oxygen atoms in total. The molecule has 0 radical (unpaired) electrons. The summed E-state index contributed by atoms with van der Waals surface area (Å²) in [6.07, 6.45) is 2.83. The molecular weight excluding hydrogens is 310 g/mol. The van der Waals surface area contributed by atoms with Crippen molar-refractivity contribution in [3.8, 4) is 0 Å². The Morgan fingerprint density at radius 3 is 2.91 bits per heavy atom. The maximum absolute atomic E-state index is 12.7. The van der Waals surface area contributed by atoms with Gasteiger partial charge in [-0.15, -0.1) is 11.3 Å². The van der Waals surface area contributed by atoms with Crippen molar-refractivity contribution in [2.75, 3.05) is 6.54 Å². The van der Waals surface area contributed by atoms with Gasteiger partial charge in [0, 0.05) is 36.0 Å². The van der Waals surface area contributed by atoms with Gasteiger partial charge >= 0.3 is 0 Å². The summed E-state index contributed by atoms with van der Waals surface area (Å²) in [5.74, 6) is 0.0654. The fourth-order valence-corrected chi connectivity index (χ4v) is 3.18. The first-order valence-corrected chi connectivity index (χ1v) is 8.54. The monoisotopic (exact) mass is 329 g/mol. The van der Waals surface area contributed by atoms with Crippen LogP contribution in [0.4, 0.5) is 0 Å². The standard InChI is InChI=1S/C17H19N3O2S/c1-12(2)20(9-7-16-18-8-10-23-16)17(21)11-14-13-5-3-4-6-15(13)22-19-14/h3-6,8,10,12H,7,9,11H2,1-2H3. The molecule has 0 aliphatic carbocycles. The van der Waals surface area contributed by atoms with E-state index in [0.29, 0.717) is 17.8 Å². The van der Waals surface area contributed by atoms with E-state index in [9.17, 15) is 4.79 Å². The molecule has 1 amide bonds. The van der Waals surface area contributed by atoms with Gasteiger partial charge in [-0.05, 0) is 26.0 Å². The predicted molar refractivity (Wildman–Crippen MR) is 90.4 cm³/mol. The van der Waals surface area contributed by atoms with Crippen LogP contribution in [-0.2, 0) is 17.6 Å². The average molecular weight is 329 g/mol. The zero-order valence-corrected chi connectivity index (χ0v) is 14.0. The molecular formula is C17H19N3O2S. The van der Waals surface area contributed by atoms with Crippen LogP contribution in [0.2, 0.25) is 0 Å². The Balaban J connectivity index is 1.71. The topological polar surface area (TPSA) is 59.2 Å². The molecule has 0 bridgehead atoms. The number of benzene rings is 1. The minimum atomic E-state index is 0.0654. The van der Waals surface area contributed by atoms with Crippen molar-refractivity contribution in [1.29, 1.82) is 0 Å². The lowest BCUT2D eigenvalue weighted by Crippen LogP contribution is -2.39. The van der Waals surface area contributed by atoms with Gasteiger partial charge in [0.15, 0.2) is 5.58 Å².